The van der Waals surface area contributed by atoms with Crippen LogP contribution in [0.3, 0.4) is 0 Å². The number of hydrogen-bond acceptors (Lipinski definition) is 3. The van der Waals surface area contributed by atoms with Gasteiger partial charge in [-0.3, -0.25) is 0 Å². The average molecular weight is 254 g/mol. The van der Waals surface area contributed by atoms with Gasteiger partial charge in [-0.05, 0) is 58.0 Å². The van der Waals surface area contributed by atoms with E-state index in [4.69, 9.17) is 4.74 Å². The molecule has 2 aliphatic rings. The van der Waals surface area contributed by atoms with E-state index in [-0.39, 0.29) is 0 Å². The van der Waals surface area contributed by atoms with Crippen molar-refractivity contribution >= 4 is 0 Å². The van der Waals surface area contributed by atoms with Crippen molar-refractivity contribution in [2.45, 2.75) is 64.0 Å². The van der Waals surface area contributed by atoms with Crippen molar-refractivity contribution in [2.24, 2.45) is 5.92 Å². The summed E-state index contributed by atoms with van der Waals surface area (Å²) in [6.45, 7) is 6.66. The Morgan fingerprint density at radius 2 is 2.00 bits per heavy atom. The van der Waals surface area contributed by atoms with Crippen LogP contribution in [0.15, 0.2) is 0 Å². The summed E-state index contributed by atoms with van der Waals surface area (Å²) in [5.41, 5.74) is 0. The van der Waals surface area contributed by atoms with Crippen LogP contribution in [0, 0.1) is 5.92 Å². The molecule has 2 fully saturated rings. The molecule has 0 saturated carbocycles. The van der Waals surface area contributed by atoms with Gasteiger partial charge in [0, 0.05) is 25.3 Å². The third kappa shape index (κ3) is 5.25. The van der Waals surface area contributed by atoms with Gasteiger partial charge in [-0.1, -0.05) is 12.8 Å². The van der Waals surface area contributed by atoms with Crippen molar-refractivity contribution in [1.82, 2.24) is 10.6 Å². The zero-order chi connectivity index (χ0) is 12.6. The Bertz CT molecular complexity index is 209. The molecule has 3 heteroatoms. The fraction of sp³-hybridized carbons (Fsp3) is 1.00. The first-order chi connectivity index (χ1) is 8.84. The molecule has 0 aliphatic carbocycles. The maximum Gasteiger partial charge on any atom is 0.0469 e. The van der Waals surface area contributed by atoms with Crippen LogP contribution in [-0.4, -0.2) is 38.4 Å². The van der Waals surface area contributed by atoms with Crippen molar-refractivity contribution in [2.75, 3.05) is 26.3 Å². The lowest BCUT2D eigenvalue weighted by Crippen LogP contribution is -2.39. The first kappa shape index (κ1) is 14.3. The Labute approximate surface area is 112 Å². The molecule has 2 rings (SSSR count). The quantitative estimate of drug-likeness (QED) is 0.790. The van der Waals surface area contributed by atoms with Crippen molar-refractivity contribution in [3.05, 3.63) is 0 Å². The van der Waals surface area contributed by atoms with Gasteiger partial charge < -0.3 is 15.4 Å². The molecule has 2 atom stereocenters. The Kier molecular flexibility index (Phi) is 6.46. The summed E-state index contributed by atoms with van der Waals surface area (Å²) in [4.78, 5) is 0. The van der Waals surface area contributed by atoms with Crippen LogP contribution >= 0.6 is 0 Å². The van der Waals surface area contributed by atoms with Crippen molar-refractivity contribution in [3.63, 3.8) is 0 Å². The Balaban J connectivity index is 1.59. The van der Waals surface area contributed by atoms with Crippen molar-refractivity contribution < 1.29 is 4.74 Å². The second kappa shape index (κ2) is 8.13. The summed E-state index contributed by atoms with van der Waals surface area (Å²) in [6.07, 6.45) is 9.30. The zero-order valence-corrected chi connectivity index (χ0v) is 11.9. The molecule has 2 saturated heterocycles. The van der Waals surface area contributed by atoms with Crippen LogP contribution in [0.25, 0.3) is 0 Å². The van der Waals surface area contributed by atoms with Crippen LogP contribution in [0.2, 0.25) is 0 Å². The van der Waals surface area contributed by atoms with Crippen LogP contribution < -0.4 is 10.6 Å². The van der Waals surface area contributed by atoms with E-state index in [1.165, 1.54) is 58.0 Å². The van der Waals surface area contributed by atoms with Crippen LogP contribution in [-0.2, 0) is 4.74 Å². The van der Waals surface area contributed by atoms with E-state index >= 15 is 0 Å². The lowest BCUT2D eigenvalue weighted by Gasteiger charge is -2.26. The molecule has 0 amide bonds. The predicted molar refractivity (Wildman–Crippen MR) is 75.9 cm³/mol. The molecule has 18 heavy (non-hydrogen) atoms. The molecule has 3 nitrogen and oxygen atoms in total. The van der Waals surface area contributed by atoms with E-state index in [1.54, 1.807) is 0 Å². The average Bonchev–Trinajstić information content (AvgIpc) is 2.66. The van der Waals surface area contributed by atoms with Gasteiger partial charge in [-0.2, -0.15) is 0 Å². The minimum Gasteiger partial charge on any atom is -0.381 e. The molecule has 2 N–H and O–H groups in total. The lowest BCUT2D eigenvalue weighted by atomic mass is 9.99. The summed E-state index contributed by atoms with van der Waals surface area (Å²) in [7, 11) is 0. The summed E-state index contributed by atoms with van der Waals surface area (Å²) in [5, 5.41) is 7.41. The molecular weight excluding hydrogens is 224 g/mol. The standard InChI is InChI=1S/C15H30N2O/c1-13(11-15-5-3-2-4-8-16-15)17-12-14-6-9-18-10-7-14/h13-17H,2-12H2,1H3. The molecule has 2 heterocycles. The normalized spacial score (nSPS) is 28.8. The van der Waals surface area contributed by atoms with E-state index in [2.05, 4.69) is 17.6 Å². The highest BCUT2D eigenvalue weighted by atomic mass is 16.5. The zero-order valence-electron chi connectivity index (χ0n) is 11.9. The Hall–Kier alpha value is -0.120. The van der Waals surface area contributed by atoms with Gasteiger partial charge in [-0.25, -0.2) is 0 Å². The summed E-state index contributed by atoms with van der Waals surface area (Å²) < 4.78 is 5.40. The van der Waals surface area contributed by atoms with Gasteiger partial charge in [0.05, 0.1) is 0 Å². The van der Waals surface area contributed by atoms with E-state index in [0.717, 1.165) is 25.2 Å². The summed E-state index contributed by atoms with van der Waals surface area (Å²) >= 11 is 0. The predicted octanol–water partition coefficient (Wildman–Crippen LogP) is 2.31. The molecule has 0 radical (unpaired) electrons. The van der Waals surface area contributed by atoms with Gasteiger partial charge in [0.15, 0.2) is 0 Å². The number of nitrogens with one attached hydrogen (secondary N) is 2. The highest BCUT2D eigenvalue weighted by Crippen LogP contribution is 2.15. The molecule has 0 bridgehead atoms. The largest absolute Gasteiger partial charge is 0.381 e. The molecule has 2 unspecified atom stereocenters. The highest BCUT2D eigenvalue weighted by Gasteiger charge is 2.17. The molecule has 2 aliphatic heterocycles. The fourth-order valence-electron chi connectivity index (χ4n) is 3.13. The Morgan fingerprint density at radius 1 is 1.17 bits per heavy atom. The summed E-state index contributed by atoms with van der Waals surface area (Å²) in [5.74, 6) is 0.836. The third-order valence-corrected chi connectivity index (χ3v) is 4.40. The SMILES string of the molecule is CC(CC1CCCCCN1)NCC1CCOCC1. The van der Waals surface area contributed by atoms with Crippen LogP contribution in [0.5, 0.6) is 0 Å². The monoisotopic (exact) mass is 254 g/mol. The van der Waals surface area contributed by atoms with Crippen molar-refractivity contribution in [3.8, 4) is 0 Å². The third-order valence-electron chi connectivity index (χ3n) is 4.40. The number of ether oxygens (including phenoxy) is 1. The van der Waals surface area contributed by atoms with Crippen LogP contribution in [0.1, 0.15) is 51.9 Å². The Morgan fingerprint density at radius 3 is 2.83 bits per heavy atom. The topological polar surface area (TPSA) is 33.3 Å². The molecule has 0 spiro atoms. The van der Waals surface area contributed by atoms with Gasteiger partial charge in [0.1, 0.15) is 0 Å². The first-order valence-electron chi connectivity index (χ1n) is 7.89. The molecular formula is C15H30N2O. The maximum absolute atomic E-state index is 5.40. The smallest absolute Gasteiger partial charge is 0.0469 e. The molecule has 0 aromatic heterocycles. The molecule has 106 valence electrons. The lowest BCUT2D eigenvalue weighted by molar-refractivity contribution is 0.0654. The van der Waals surface area contributed by atoms with E-state index < -0.39 is 0 Å². The van der Waals surface area contributed by atoms with Crippen LogP contribution in [0.4, 0.5) is 0 Å². The van der Waals surface area contributed by atoms with Gasteiger partial charge in [-0.15, -0.1) is 0 Å². The van der Waals surface area contributed by atoms with Gasteiger partial charge >= 0.3 is 0 Å². The second-order valence-corrected chi connectivity index (χ2v) is 6.10. The van der Waals surface area contributed by atoms with E-state index in [9.17, 15) is 0 Å². The van der Waals surface area contributed by atoms with Gasteiger partial charge in [0.25, 0.3) is 0 Å². The van der Waals surface area contributed by atoms with Crippen molar-refractivity contribution in [1.29, 1.82) is 0 Å². The number of hydrogen-bond donors (Lipinski definition) is 2. The molecule has 0 aromatic carbocycles. The summed E-state index contributed by atoms with van der Waals surface area (Å²) in [6, 6.07) is 1.38. The van der Waals surface area contributed by atoms with E-state index in [1.807, 2.05) is 0 Å². The second-order valence-electron chi connectivity index (χ2n) is 6.10. The maximum atomic E-state index is 5.40. The van der Waals surface area contributed by atoms with E-state index in [0.29, 0.717) is 6.04 Å². The first-order valence-corrected chi connectivity index (χ1v) is 7.89. The highest BCUT2D eigenvalue weighted by molar-refractivity contribution is 4.77. The number of rotatable bonds is 5. The minimum atomic E-state index is 0.642. The molecule has 0 aromatic rings. The minimum absolute atomic E-state index is 0.642. The van der Waals surface area contributed by atoms with Gasteiger partial charge in [0.2, 0.25) is 0 Å². The fourth-order valence-corrected chi connectivity index (χ4v) is 3.13.